The third-order valence-electron chi connectivity index (χ3n) is 1.33. The fraction of sp³-hybridized carbons (Fsp3) is 0.286. The normalized spacial score (nSPS) is 16.6. The number of hydrogen-bond donors (Lipinski definition) is 0. The largest absolute Gasteiger partial charge is 0.418 e. The van der Waals surface area contributed by atoms with Gasteiger partial charge in [0.1, 0.15) is 0 Å². The zero-order valence-electron chi connectivity index (χ0n) is 6.45. The van der Waals surface area contributed by atoms with Crippen molar-refractivity contribution in [2.75, 3.05) is 0 Å². The van der Waals surface area contributed by atoms with E-state index in [-0.39, 0.29) is 0 Å². The predicted octanol–water partition coefficient (Wildman–Crippen LogP) is 4.12. The molecule has 1 aliphatic carbocycles. The lowest BCUT2D eigenvalue weighted by atomic mass is 10.6. The van der Waals surface area contributed by atoms with Crippen molar-refractivity contribution in [3.63, 3.8) is 0 Å². The Morgan fingerprint density at radius 1 is 1.00 bits per heavy atom. The lowest BCUT2D eigenvalue weighted by Gasteiger charge is -2.22. The molecule has 0 aliphatic heterocycles. The Morgan fingerprint density at radius 2 is 1.50 bits per heavy atom. The number of hydrogen-bond acceptors (Lipinski definition) is 0. The molecule has 0 heterocycles. The standard InChI is InChI=1S/C7H3F6P/c8-6(9,10)14(7(11,12)13)5-3-1-2-4-5/h1-3H. The summed E-state index contributed by atoms with van der Waals surface area (Å²) in [7, 11) is -4.16. The molecule has 78 valence electrons. The summed E-state index contributed by atoms with van der Waals surface area (Å²) in [6.07, 6.45) is 2.91. The van der Waals surface area contributed by atoms with Gasteiger partial charge in [-0.2, -0.15) is 26.3 Å². The van der Waals surface area contributed by atoms with Crippen LogP contribution in [0.25, 0.3) is 0 Å². The Bertz CT molecular complexity index is 300. The van der Waals surface area contributed by atoms with Gasteiger partial charge in [0.15, 0.2) is 7.92 Å². The average molecular weight is 232 g/mol. The van der Waals surface area contributed by atoms with Gasteiger partial charge in [-0.3, -0.25) is 0 Å². The van der Waals surface area contributed by atoms with Gasteiger partial charge >= 0.3 is 11.8 Å². The number of halogens is 6. The zero-order valence-corrected chi connectivity index (χ0v) is 7.34. The molecule has 0 aromatic rings. The Kier molecular flexibility index (Phi) is 2.79. The molecule has 1 rings (SSSR count). The lowest BCUT2D eigenvalue weighted by molar-refractivity contribution is -0.0818. The first-order valence-corrected chi connectivity index (χ1v) is 4.64. The molecule has 0 aromatic carbocycles. The van der Waals surface area contributed by atoms with E-state index in [0.29, 0.717) is 0 Å². The summed E-state index contributed by atoms with van der Waals surface area (Å²) in [6, 6.07) is 0. The molecule has 0 fully saturated rings. The van der Waals surface area contributed by atoms with Crippen LogP contribution in [-0.4, -0.2) is 11.8 Å². The first-order valence-electron chi connectivity index (χ1n) is 3.30. The van der Waals surface area contributed by atoms with Gasteiger partial charge in [-0.25, -0.2) is 0 Å². The molecule has 0 bridgehead atoms. The maximum atomic E-state index is 12.1. The second-order valence-electron chi connectivity index (χ2n) is 2.33. The minimum atomic E-state index is -5.27. The maximum absolute atomic E-state index is 12.1. The van der Waals surface area contributed by atoms with E-state index < -0.39 is 25.1 Å². The second kappa shape index (κ2) is 3.44. The van der Waals surface area contributed by atoms with Gasteiger partial charge in [-0.15, -0.1) is 5.73 Å². The second-order valence-corrected chi connectivity index (χ2v) is 4.49. The molecule has 0 N–H and O–H groups in total. The van der Waals surface area contributed by atoms with Crippen LogP contribution in [0.3, 0.4) is 0 Å². The van der Waals surface area contributed by atoms with E-state index in [1.165, 1.54) is 0 Å². The summed E-state index contributed by atoms with van der Waals surface area (Å²) < 4.78 is 72.4. The van der Waals surface area contributed by atoms with E-state index in [9.17, 15) is 26.3 Å². The molecule has 0 spiro atoms. The highest BCUT2D eigenvalue weighted by atomic mass is 31.1. The van der Waals surface area contributed by atoms with Crippen LogP contribution in [0.1, 0.15) is 0 Å². The third kappa shape index (κ3) is 2.40. The zero-order chi connectivity index (χ0) is 11.0. The Morgan fingerprint density at radius 3 is 1.79 bits per heavy atom. The van der Waals surface area contributed by atoms with Gasteiger partial charge in [-0.05, 0) is 12.2 Å². The van der Waals surface area contributed by atoms with Crippen LogP contribution in [0.5, 0.6) is 0 Å². The van der Waals surface area contributed by atoms with Gasteiger partial charge in [0.05, 0.1) is 0 Å². The third-order valence-corrected chi connectivity index (χ3v) is 3.10. The monoisotopic (exact) mass is 232 g/mol. The summed E-state index contributed by atoms with van der Waals surface area (Å²) in [6.45, 7) is 0. The van der Waals surface area contributed by atoms with Gasteiger partial charge in [0.2, 0.25) is 0 Å². The Balaban J connectivity index is 3.08. The number of rotatable bonds is 1. The molecule has 0 unspecified atom stereocenters. The quantitative estimate of drug-likeness (QED) is 0.362. The van der Waals surface area contributed by atoms with Crippen molar-refractivity contribution in [2.45, 2.75) is 11.8 Å². The fourth-order valence-electron chi connectivity index (χ4n) is 0.877. The first-order chi connectivity index (χ1) is 6.23. The first kappa shape index (κ1) is 11.3. The molecule has 7 heteroatoms. The number of allylic oxidation sites excluding steroid dienone is 3. The van der Waals surface area contributed by atoms with Gasteiger partial charge in [0, 0.05) is 5.31 Å². The van der Waals surface area contributed by atoms with E-state index in [2.05, 4.69) is 0 Å². The van der Waals surface area contributed by atoms with Crippen LogP contribution in [0.15, 0.2) is 29.3 Å². The Hall–Kier alpha value is -0.730. The van der Waals surface area contributed by atoms with E-state index in [0.717, 1.165) is 18.2 Å². The topological polar surface area (TPSA) is 0 Å². The molecule has 14 heavy (non-hydrogen) atoms. The maximum Gasteiger partial charge on any atom is 0.418 e. The molecular weight excluding hydrogens is 229 g/mol. The van der Waals surface area contributed by atoms with E-state index in [1.54, 1.807) is 0 Å². The highest BCUT2D eigenvalue weighted by Gasteiger charge is 2.58. The van der Waals surface area contributed by atoms with Crippen molar-refractivity contribution in [1.82, 2.24) is 0 Å². The van der Waals surface area contributed by atoms with Crippen LogP contribution in [-0.2, 0) is 0 Å². The smallest absolute Gasteiger partial charge is 0.166 e. The number of alkyl halides is 6. The predicted molar refractivity (Wildman–Crippen MR) is 39.8 cm³/mol. The van der Waals surface area contributed by atoms with Crippen LogP contribution in [0.2, 0.25) is 0 Å². The molecule has 1 aliphatic rings. The van der Waals surface area contributed by atoms with Crippen molar-refractivity contribution in [1.29, 1.82) is 0 Å². The molecule has 0 saturated heterocycles. The summed E-state index contributed by atoms with van der Waals surface area (Å²) in [5.41, 5.74) is 1.94. The minimum Gasteiger partial charge on any atom is -0.166 e. The summed E-state index contributed by atoms with van der Waals surface area (Å²) in [5, 5.41) is -0.833. The van der Waals surface area contributed by atoms with Gasteiger partial charge < -0.3 is 0 Å². The van der Waals surface area contributed by atoms with Crippen LogP contribution < -0.4 is 0 Å². The van der Waals surface area contributed by atoms with E-state index >= 15 is 0 Å². The minimum absolute atomic E-state index is 0.784. The van der Waals surface area contributed by atoms with Crippen molar-refractivity contribution in [3.8, 4) is 0 Å². The summed E-state index contributed by atoms with van der Waals surface area (Å²) in [5.74, 6) is -10.5. The van der Waals surface area contributed by atoms with E-state index in [1.807, 2.05) is 5.73 Å². The molecule has 0 radical (unpaired) electrons. The van der Waals surface area contributed by atoms with Crippen molar-refractivity contribution >= 4 is 7.92 Å². The van der Waals surface area contributed by atoms with Crippen LogP contribution >= 0.6 is 7.92 Å². The molecule has 0 atom stereocenters. The molecule has 0 nitrogen and oxygen atoms in total. The van der Waals surface area contributed by atoms with Gasteiger partial charge in [-0.1, -0.05) is 6.08 Å². The molecule has 0 amide bonds. The Labute approximate surface area is 76.3 Å². The SMILES string of the molecule is FC(F)(F)P(C1=C=CC=C1)C(F)(F)F. The van der Waals surface area contributed by atoms with Crippen LogP contribution in [0, 0.1) is 0 Å². The molecule has 0 saturated carbocycles. The van der Waals surface area contributed by atoms with E-state index in [4.69, 9.17) is 0 Å². The van der Waals surface area contributed by atoms with Gasteiger partial charge in [0.25, 0.3) is 0 Å². The lowest BCUT2D eigenvalue weighted by Crippen LogP contribution is -2.18. The van der Waals surface area contributed by atoms with Crippen molar-refractivity contribution in [2.24, 2.45) is 0 Å². The molecular formula is C7H3F6P. The molecule has 0 aromatic heterocycles. The highest BCUT2D eigenvalue weighted by molar-refractivity contribution is 7.64. The highest BCUT2D eigenvalue weighted by Crippen LogP contribution is 2.69. The van der Waals surface area contributed by atoms with Crippen molar-refractivity contribution in [3.05, 3.63) is 29.3 Å². The van der Waals surface area contributed by atoms with Crippen LogP contribution in [0.4, 0.5) is 26.3 Å². The van der Waals surface area contributed by atoms with Crippen molar-refractivity contribution < 1.29 is 26.3 Å². The summed E-state index contributed by atoms with van der Waals surface area (Å²) in [4.78, 5) is 0. The fourth-order valence-corrected chi connectivity index (χ4v) is 2.15. The average Bonchev–Trinajstić information content (AvgIpc) is 2.31. The summed E-state index contributed by atoms with van der Waals surface area (Å²) >= 11 is 0.